The Morgan fingerprint density at radius 1 is 1.00 bits per heavy atom. The van der Waals surface area contributed by atoms with Gasteiger partial charge >= 0.3 is 0 Å². The minimum absolute atomic E-state index is 0.548. The topological polar surface area (TPSA) is 22.1 Å². The fraction of sp³-hybridized carbons (Fsp3) is 0.211. The van der Waals surface area contributed by atoms with E-state index >= 15 is 0 Å². The van der Waals surface area contributed by atoms with Crippen molar-refractivity contribution in [1.82, 2.24) is 4.98 Å². The van der Waals surface area contributed by atoms with Gasteiger partial charge in [0.1, 0.15) is 12.4 Å². The van der Waals surface area contributed by atoms with Crippen molar-refractivity contribution in [2.75, 3.05) is 0 Å². The van der Waals surface area contributed by atoms with E-state index in [4.69, 9.17) is 4.74 Å². The zero-order valence-electron chi connectivity index (χ0n) is 12.4. The van der Waals surface area contributed by atoms with E-state index in [2.05, 4.69) is 49.2 Å². The Morgan fingerprint density at radius 2 is 1.81 bits per heavy atom. The van der Waals surface area contributed by atoms with Crippen LogP contribution in [0, 0.1) is 0 Å². The molecule has 0 unspecified atom stereocenters. The Morgan fingerprint density at radius 3 is 2.57 bits per heavy atom. The molecule has 0 spiro atoms. The quantitative estimate of drug-likeness (QED) is 0.674. The zero-order chi connectivity index (χ0) is 14.7. The van der Waals surface area contributed by atoms with Crippen LogP contribution in [0.4, 0.5) is 0 Å². The second-order valence-electron chi connectivity index (χ2n) is 5.54. The predicted octanol–water partition coefficient (Wildman–Crippen LogP) is 4.94. The molecule has 1 heterocycles. The Labute approximate surface area is 125 Å². The molecule has 21 heavy (non-hydrogen) atoms. The number of pyridine rings is 1. The lowest BCUT2D eigenvalue weighted by Crippen LogP contribution is -1.96. The number of fused-ring (bicyclic) bond motifs is 1. The van der Waals surface area contributed by atoms with Gasteiger partial charge in [-0.1, -0.05) is 38.1 Å². The molecule has 0 bridgehead atoms. The molecule has 0 amide bonds. The highest BCUT2D eigenvalue weighted by atomic mass is 16.5. The molecule has 0 saturated heterocycles. The lowest BCUT2D eigenvalue weighted by Gasteiger charge is -2.09. The van der Waals surface area contributed by atoms with Crippen molar-refractivity contribution in [2.24, 2.45) is 0 Å². The number of ether oxygens (including phenoxy) is 1. The van der Waals surface area contributed by atoms with Gasteiger partial charge in [0.15, 0.2) is 0 Å². The first-order chi connectivity index (χ1) is 10.2. The Balaban J connectivity index is 1.71. The number of nitrogens with zero attached hydrogens (tertiary/aromatic N) is 1. The van der Waals surface area contributed by atoms with Gasteiger partial charge in [-0.05, 0) is 47.4 Å². The van der Waals surface area contributed by atoms with Gasteiger partial charge < -0.3 is 4.74 Å². The Bertz CT molecular complexity index is 732. The maximum atomic E-state index is 5.86. The molecule has 1 aromatic heterocycles. The highest BCUT2D eigenvalue weighted by Crippen LogP contribution is 2.20. The fourth-order valence-corrected chi connectivity index (χ4v) is 2.33. The average molecular weight is 277 g/mol. The molecule has 0 aliphatic heterocycles. The van der Waals surface area contributed by atoms with Gasteiger partial charge in [-0.15, -0.1) is 0 Å². The largest absolute Gasteiger partial charge is 0.489 e. The molecule has 0 N–H and O–H groups in total. The molecule has 0 fully saturated rings. The van der Waals surface area contributed by atoms with Gasteiger partial charge in [0.2, 0.25) is 0 Å². The molecule has 2 aromatic carbocycles. The normalized spacial score (nSPS) is 11.0. The van der Waals surface area contributed by atoms with Crippen molar-refractivity contribution in [2.45, 2.75) is 26.4 Å². The van der Waals surface area contributed by atoms with Crippen LogP contribution in [0.3, 0.4) is 0 Å². The second-order valence-corrected chi connectivity index (χ2v) is 5.54. The van der Waals surface area contributed by atoms with Gasteiger partial charge in [-0.25, -0.2) is 0 Å². The first kappa shape index (κ1) is 13.6. The van der Waals surface area contributed by atoms with E-state index in [0.29, 0.717) is 12.5 Å². The van der Waals surface area contributed by atoms with Crippen LogP contribution in [-0.2, 0) is 6.61 Å². The van der Waals surface area contributed by atoms with Crippen LogP contribution in [0.25, 0.3) is 10.9 Å². The summed E-state index contributed by atoms with van der Waals surface area (Å²) in [6.45, 7) is 4.96. The van der Waals surface area contributed by atoms with Crippen molar-refractivity contribution < 1.29 is 4.74 Å². The van der Waals surface area contributed by atoms with E-state index in [-0.39, 0.29) is 0 Å². The third-order valence-electron chi connectivity index (χ3n) is 3.62. The Kier molecular flexibility index (Phi) is 3.87. The molecule has 3 aromatic rings. The van der Waals surface area contributed by atoms with Crippen molar-refractivity contribution >= 4 is 10.9 Å². The molecule has 106 valence electrons. The summed E-state index contributed by atoms with van der Waals surface area (Å²) in [5.41, 5.74) is 3.50. The lowest BCUT2D eigenvalue weighted by molar-refractivity contribution is 0.306. The molecule has 0 saturated carbocycles. The summed E-state index contributed by atoms with van der Waals surface area (Å²) in [4.78, 5) is 4.33. The molecule has 0 radical (unpaired) electrons. The molecule has 2 nitrogen and oxygen atoms in total. The maximum absolute atomic E-state index is 5.86. The predicted molar refractivity (Wildman–Crippen MR) is 86.6 cm³/mol. The maximum Gasteiger partial charge on any atom is 0.119 e. The van der Waals surface area contributed by atoms with Gasteiger partial charge in [-0.2, -0.15) is 0 Å². The molecule has 0 aliphatic carbocycles. The molecule has 3 rings (SSSR count). The molecular formula is C19H19NO. The third kappa shape index (κ3) is 3.22. The van der Waals surface area contributed by atoms with E-state index in [1.807, 2.05) is 30.5 Å². The van der Waals surface area contributed by atoms with E-state index < -0.39 is 0 Å². The summed E-state index contributed by atoms with van der Waals surface area (Å²) >= 11 is 0. The summed E-state index contributed by atoms with van der Waals surface area (Å²) in [6.07, 6.45) is 1.81. The van der Waals surface area contributed by atoms with Crippen LogP contribution in [0.15, 0.2) is 60.8 Å². The Hall–Kier alpha value is -2.35. The first-order valence-electron chi connectivity index (χ1n) is 7.29. The van der Waals surface area contributed by atoms with Crippen LogP contribution in [-0.4, -0.2) is 4.98 Å². The summed E-state index contributed by atoms with van der Waals surface area (Å²) in [5.74, 6) is 1.46. The van der Waals surface area contributed by atoms with Gasteiger partial charge in [-0.3, -0.25) is 4.98 Å². The van der Waals surface area contributed by atoms with Gasteiger partial charge in [0, 0.05) is 11.6 Å². The van der Waals surface area contributed by atoms with Crippen LogP contribution in [0.1, 0.15) is 30.9 Å². The third-order valence-corrected chi connectivity index (χ3v) is 3.62. The molecule has 0 aliphatic rings. The van der Waals surface area contributed by atoms with Crippen molar-refractivity contribution in [3.63, 3.8) is 0 Å². The van der Waals surface area contributed by atoms with E-state index in [9.17, 15) is 0 Å². The summed E-state index contributed by atoms with van der Waals surface area (Å²) in [6, 6.07) is 18.6. The van der Waals surface area contributed by atoms with Crippen LogP contribution < -0.4 is 4.74 Å². The second kappa shape index (κ2) is 5.96. The highest BCUT2D eigenvalue weighted by Gasteiger charge is 2.01. The standard InChI is InChI=1S/C19H19NO/c1-14(2)16-6-8-18(9-7-16)21-13-15-5-10-19-17(12-15)4-3-11-20-19/h3-12,14H,13H2,1-2H3. The van der Waals surface area contributed by atoms with Crippen LogP contribution >= 0.6 is 0 Å². The number of benzene rings is 2. The monoisotopic (exact) mass is 277 g/mol. The summed E-state index contributed by atoms with van der Waals surface area (Å²) < 4.78 is 5.86. The van der Waals surface area contributed by atoms with Gasteiger partial charge in [0.05, 0.1) is 5.52 Å². The fourth-order valence-electron chi connectivity index (χ4n) is 2.33. The smallest absolute Gasteiger partial charge is 0.119 e. The van der Waals surface area contributed by atoms with E-state index in [0.717, 1.165) is 22.2 Å². The molecule has 0 atom stereocenters. The molecule has 2 heteroatoms. The first-order valence-corrected chi connectivity index (χ1v) is 7.29. The summed E-state index contributed by atoms with van der Waals surface area (Å²) in [5, 5.41) is 1.15. The van der Waals surface area contributed by atoms with Crippen LogP contribution in [0.2, 0.25) is 0 Å². The zero-order valence-corrected chi connectivity index (χ0v) is 12.4. The number of hydrogen-bond donors (Lipinski definition) is 0. The summed E-state index contributed by atoms with van der Waals surface area (Å²) in [7, 11) is 0. The van der Waals surface area contributed by atoms with Crippen molar-refractivity contribution in [3.05, 3.63) is 71.9 Å². The van der Waals surface area contributed by atoms with E-state index in [1.54, 1.807) is 0 Å². The highest BCUT2D eigenvalue weighted by molar-refractivity contribution is 5.78. The lowest BCUT2D eigenvalue weighted by atomic mass is 10.0. The number of hydrogen-bond acceptors (Lipinski definition) is 2. The van der Waals surface area contributed by atoms with Gasteiger partial charge in [0.25, 0.3) is 0 Å². The van der Waals surface area contributed by atoms with E-state index in [1.165, 1.54) is 5.56 Å². The van der Waals surface area contributed by atoms with Crippen molar-refractivity contribution in [3.8, 4) is 5.75 Å². The minimum atomic E-state index is 0.548. The average Bonchev–Trinajstić information content (AvgIpc) is 2.53. The number of aromatic nitrogens is 1. The molecular weight excluding hydrogens is 258 g/mol. The van der Waals surface area contributed by atoms with Crippen LogP contribution in [0.5, 0.6) is 5.75 Å². The number of rotatable bonds is 4. The van der Waals surface area contributed by atoms with Crippen molar-refractivity contribution in [1.29, 1.82) is 0 Å². The SMILES string of the molecule is CC(C)c1ccc(OCc2ccc3ncccc3c2)cc1. The minimum Gasteiger partial charge on any atom is -0.489 e.